The van der Waals surface area contributed by atoms with E-state index >= 15 is 0 Å². The average Bonchev–Trinajstić information content (AvgIpc) is 3.59. The van der Waals surface area contributed by atoms with Crippen LogP contribution in [0.5, 0.6) is 17.2 Å². The van der Waals surface area contributed by atoms with Gasteiger partial charge in [0.25, 0.3) is 0 Å². The highest BCUT2D eigenvalue weighted by Crippen LogP contribution is 2.70. The normalized spacial score (nSPS) is 31.3. The summed E-state index contributed by atoms with van der Waals surface area (Å²) in [5.41, 5.74) is 18.7. The molecule has 0 amide bonds. The van der Waals surface area contributed by atoms with Crippen molar-refractivity contribution in [3.05, 3.63) is 107 Å². The molecule has 4 aliphatic rings. The van der Waals surface area contributed by atoms with Crippen molar-refractivity contribution in [2.24, 2.45) is 58.0 Å². The van der Waals surface area contributed by atoms with Gasteiger partial charge in [0.05, 0.1) is 0 Å². The van der Waals surface area contributed by atoms with Gasteiger partial charge in [0.2, 0.25) is 0 Å². The third-order valence-electron chi connectivity index (χ3n) is 16.8. The quantitative estimate of drug-likeness (QED) is 0.0913. The zero-order valence-electron chi connectivity index (χ0n) is 38.1. The number of benzene rings is 3. The second-order valence-electron chi connectivity index (χ2n) is 20.8. The second kappa shape index (κ2) is 18.2. The number of unbranched alkanes of at least 4 members (excludes halogenated alkanes) is 1. The highest BCUT2D eigenvalue weighted by atomic mass is 16.5. The Labute approximate surface area is 359 Å². The first-order valence-electron chi connectivity index (χ1n) is 23.8. The number of ether oxygens (including phenoxy) is 2. The van der Waals surface area contributed by atoms with Crippen LogP contribution in [0.25, 0.3) is 0 Å². The van der Waals surface area contributed by atoms with Gasteiger partial charge >= 0.3 is 0 Å². The molecule has 4 fully saturated rings. The molecule has 59 heavy (non-hydrogen) atoms. The number of rotatable bonds is 15. The summed E-state index contributed by atoms with van der Waals surface area (Å²) in [6.07, 6.45) is 22.8. The van der Waals surface area contributed by atoms with Gasteiger partial charge in [-0.25, -0.2) is 0 Å². The molecule has 4 nitrogen and oxygen atoms in total. The number of anilines is 1. The van der Waals surface area contributed by atoms with Gasteiger partial charge < -0.3 is 20.9 Å². The van der Waals surface area contributed by atoms with Gasteiger partial charge in [-0.15, -0.1) is 0 Å². The van der Waals surface area contributed by atoms with Crippen molar-refractivity contribution >= 4 is 5.69 Å². The molecule has 4 aliphatic carbocycles. The van der Waals surface area contributed by atoms with E-state index in [-0.39, 0.29) is 5.41 Å². The summed E-state index contributed by atoms with van der Waals surface area (Å²) < 4.78 is 12.9. The van der Waals surface area contributed by atoms with Crippen LogP contribution in [0.1, 0.15) is 155 Å². The summed E-state index contributed by atoms with van der Waals surface area (Å²) >= 11 is 0. The smallest absolute Gasteiger partial charge is 0.127 e. The molecule has 0 saturated heterocycles. The standard InChI is InChI=1S/C55H78N2O2/c1-9-10-14-46(33-38(4)36-56)58-44-20-15-41(16-21-44)55(42-17-22-45(23-18-42)59-47-24-28-52(57)40(6)34-47)32-31-53(7)43(35-55)19-25-48-50-27-26-49(39(5)13-11-12-37(2)3)54(50,8)30-29-51(48)53/h14-18,20-24,28,33-34,37,39,43,48-51H,9-13,19,25-27,29-32,35-36,56-57H2,1-8H3/b38-33-,46-14+. The van der Waals surface area contributed by atoms with Crippen molar-refractivity contribution < 1.29 is 9.47 Å². The highest BCUT2D eigenvalue weighted by Gasteiger charge is 2.62. The number of fused-ring (bicyclic) bond motifs is 5. The molecular formula is C55H78N2O2. The predicted octanol–water partition coefficient (Wildman–Crippen LogP) is 14.7. The van der Waals surface area contributed by atoms with E-state index in [1.54, 1.807) is 0 Å². The summed E-state index contributed by atoms with van der Waals surface area (Å²) in [6, 6.07) is 24.2. The van der Waals surface area contributed by atoms with E-state index in [2.05, 4.69) is 109 Å². The van der Waals surface area contributed by atoms with Gasteiger partial charge in [-0.05, 0) is 202 Å². The molecule has 9 atom stereocenters. The van der Waals surface area contributed by atoms with Crippen molar-refractivity contribution in [3.63, 3.8) is 0 Å². The molecule has 3 aromatic rings. The molecule has 4 heteroatoms. The maximum absolute atomic E-state index is 6.52. The maximum Gasteiger partial charge on any atom is 0.127 e. The minimum Gasteiger partial charge on any atom is -0.458 e. The fraction of sp³-hybridized carbons (Fsp3) is 0.600. The lowest BCUT2D eigenvalue weighted by atomic mass is 9.42. The summed E-state index contributed by atoms with van der Waals surface area (Å²) in [5.74, 6) is 9.38. The number of hydrogen-bond acceptors (Lipinski definition) is 4. The van der Waals surface area contributed by atoms with Crippen LogP contribution in [-0.2, 0) is 5.41 Å². The van der Waals surface area contributed by atoms with Crippen molar-refractivity contribution in [3.8, 4) is 17.2 Å². The first-order chi connectivity index (χ1) is 28.3. The Bertz CT molecular complexity index is 1930. The van der Waals surface area contributed by atoms with Crippen LogP contribution in [0.3, 0.4) is 0 Å². The van der Waals surface area contributed by atoms with Gasteiger partial charge in [0.15, 0.2) is 0 Å². The molecule has 0 aliphatic heterocycles. The van der Waals surface area contributed by atoms with Crippen LogP contribution in [0.4, 0.5) is 5.69 Å². The van der Waals surface area contributed by atoms with Crippen molar-refractivity contribution in [1.82, 2.24) is 0 Å². The molecule has 0 radical (unpaired) electrons. The van der Waals surface area contributed by atoms with E-state index in [4.69, 9.17) is 20.9 Å². The Kier molecular flexibility index (Phi) is 13.5. The molecule has 0 heterocycles. The molecule has 3 aromatic carbocycles. The SMILES string of the molecule is CCC/C=C(\C=C(\C)CN)Oc1ccc(C2(c3ccc(Oc4ccc(N)c(C)c4)cc3)CCC3(C)C(CCC4C3CCC3(C)C(C(C)CCCC(C)C)CCC43)C2)cc1. The molecule has 0 bridgehead atoms. The summed E-state index contributed by atoms with van der Waals surface area (Å²) in [4.78, 5) is 0. The van der Waals surface area contributed by atoms with Gasteiger partial charge in [-0.2, -0.15) is 0 Å². The number of nitrogen functional groups attached to an aromatic ring is 1. The summed E-state index contributed by atoms with van der Waals surface area (Å²) in [6.45, 7) is 19.7. The fourth-order valence-electron chi connectivity index (χ4n) is 13.4. The van der Waals surface area contributed by atoms with Crippen LogP contribution < -0.4 is 20.9 Å². The van der Waals surface area contributed by atoms with Crippen LogP contribution >= 0.6 is 0 Å². The lowest BCUT2D eigenvalue weighted by Gasteiger charge is -2.63. The van der Waals surface area contributed by atoms with Crippen LogP contribution in [0.2, 0.25) is 0 Å². The Morgan fingerprint density at radius 1 is 0.797 bits per heavy atom. The van der Waals surface area contributed by atoms with Gasteiger partial charge in [0, 0.05) is 17.6 Å². The van der Waals surface area contributed by atoms with Crippen LogP contribution in [-0.4, -0.2) is 6.54 Å². The van der Waals surface area contributed by atoms with Gasteiger partial charge in [-0.1, -0.05) is 97.1 Å². The zero-order valence-corrected chi connectivity index (χ0v) is 38.1. The van der Waals surface area contributed by atoms with E-state index in [0.29, 0.717) is 23.3 Å². The minimum absolute atomic E-state index is 0.0736. The van der Waals surface area contributed by atoms with Crippen molar-refractivity contribution in [2.45, 2.75) is 151 Å². The molecule has 320 valence electrons. The maximum atomic E-state index is 6.52. The third-order valence-corrected chi connectivity index (χ3v) is 16.8. The molecule has 0 spiro atoms. The number of nitrogens with two attached hydrogens (primary N) is 2. The number of allylic oxidation sites excluding steroid dienone is 2. The average molecular weight is 799 g/mol. The van der Waals surface area contributed by atoms with E-state index in [1.807, 2.05) is 25.1 Å². The van der Waals surface area contributed by atoms with Gasteiger partial charge in [-0.3, -0.25) is 0 Å². The number of aryl methyl sites for hydroxylation is 1. The van der Waals surface area contributed by atoms with Crippen LogP contribution in [0, 0.1) is 59.2 Å². The van der Waals surface area contributed by atoms with E-state index in [9.17, 15) is 0 Å². The van der Waals surface area contributed by atoms with Crippen molar-refractivity contribution in [2.75, 3.05) is 12.3 Å². The largest absolute Gasteiger partial charge is 0.458 e. The summed E-state index contributed by atoms with van der Waals surface area (Å²) in [5, 5.41) is 0. The van der Waals surface area contributed by atoms with E-state index in [1.165, 1.54) is 81.8 Å². The second-order valence-corrected chi connectivity index (χ2v) is 20.8. The topological polar surface area (TPSA) is 70.5 Å². The lowest BCUT2D eigenvalue weighted by molar-refractivity contribution is -0.122. The monoisotopic (exact) mass is 799 g/mol. The fourth-order valence-corrected chi connectivity index (χ4v) is 13.4. The number of hydrogen-bond donors (Lipinski definition) is 2. The first-order valence-corrected chi connectivity index (χ1v) is 23.8. The highest BCUT2D eigenvalue weighted by molar-refractivity contribution is 5.51. The molecule has 4 N–H and O–H groups in total. The lowest BCUT2D eigenvalue weighted by Crippen LogP contribution is -2.55. The third kappa shape index (κ3) is 8.96. The molecule has 7 rings (SSSR count). The first kappa shape index (κ1) is 43.6. The minimum atomic E-state index is -0.0736. The Hall–Kier alpha value is -3.50. The Morgan fingerprint density at radius 2 is 1.47 bits per heavy atom. The molecule has 4 saturated carbocycles. The van der Waals surface area contributed by atoms with E-state index < -0.39 is 0 Å². The Morgan fingerprint density at radius 3 is 2.14 bits per heavy atom. The predicted molar refractivity (Wildman–Crippen MR) is 249 cm³/mol. The molecular weight excluding hydrogens is 721 g/mol. The summed E-state index contributed by atoms with van der Waals surface area (Å²) in [7, 11) is 0. The van der Waals surface area contributed by atoms with Crippen LogP contribution in [0.15, 0.2) is 90.2 Å². The van der Waals surface area contributed by atoms with Gasteiger partial charge in [0.1, 0.15) is 23.0 Å². The molecule has 0 aromatic heterocycles. The molecule has 9 unspecified atom stereocenters. The zero-order chi connectivity index (χ0) is 42.0. The van der Waals surface area contributed by atoms with E-state index in [0.717, 1.165) is 94.6 Å². The van der Waals surface area contributed by atoms with Crippen molar-refractivity contribution in [1.29, 1.82) is 0 Å². The Balaban J connectivity index is 1.15.